The van der Waals surface area contributed by atoms with Crippen LogP contribution in [0, 0.1) is 0 Å². The summed E-state index contributed by atoms with van der Waals surface area (Å²) >= 11 is 0. The fourth-order valence-corrected chi connectivity index (χ4v) is 4.27. The average molecular weight is 428 g/mol. The third kappa shape index (κ3) is 11.4. The molecule has 0 saturated carbocycles. The minimum absolute atomic E-state index is 0.708. The van der Waals surface area contributed by atoms with Gasteiger partial charge < -0.3 is 24.2 Å². The van der Waals surface area contributed by atoms with E-state index in [2.05, 4.69) is 45.4 Å². The Morgan fingerprint density at radius 2 is 0.900 bits per heavy atom. The Hall–Kier alpha value is -0.280. The first-order chi connectivity index (χ1) is 14.7. The van der Waals surface area contributed by atoms with Gasteiger partial charge in [0, 0.05) is 78.5 Å². The number of hydrogen-bond acceptors (Lipinski definition) is 7. The molecular weight excluding hydrogens is 378 g/mol. The van der Waals surface area contributed by atoms with Gasteiger partial charge in [-0.05, 0) is 33.0 Å². The Kier molecular flexibility index (Phi) is 14.2. The fourth-order valence-electron chi connectivity index (χ4n) is 4.27. The van der Waals surface area contributed by atoms with Crippen molar-refractivity contribution in [2.45, 2.75) is 26.7 Å². The fraction of sp³-hybridized carbons (Fsp3) is 1.00. The Morgan fingerprint density at radius 1 is 0.500 bits per heavy atom. The molecule has 2 aliphatic rings. The lowest BCUT2D eigenvalue weighted by atomic mass is 10.3. The summed E-state index contributed by atoms with van der Waals surface area (Å²) in [7, 11) is 2.27. The van der Waals surface area contributed by atoms with Crippen LogP contribution in [0.3, 0.4) is 0 Å². The molecule has 2 aliphatic heterocycles. The van der Waals surface area contributed by atoms with Crippen molar-refractivity contribution in [2.24, 2.45) is 0 Å². The predicted octanol–water partition coefficient (Wildman–Crippen LogP) is 1.01. The van der Waals surface area contributed by atoms with Gasteiger partial charge >= 0.3 is 0 Å². The molecule has 7 nitrogen and oxygen atoms in total. The first-order valence-corrected chi connectivity index (χ1v) is 12.4. The van der Waals surface area contributed by atoms with Crippen molar-refractivity contribution in [3.63, 3.8) is 0 Å². The van der Waals surface area contributed by atoms with Crippen molar-refractivity contribution >= 4 is 0 Å². The molecule has 7 heteroatoms. The van der Waals surface area contributed by atoms with Gasteiger partial charge in [0.1, 0.15) is 0 Å². The third-order valence-electron chi connectivity index (χ3n) is 6.35. The van der Waals surface area contributed by atoms with E-state index < -0.39 is 0 Å². The molecule has 2 rings (SSSR count). The Morgan fingerprint density at radius 3 is 1.33 bits per heavy atom. The number of likely N-dealkylation sites (N-methyl/N-ethyl adjacent to an activating group) is 1. The molecule has 178 valence electrons. The molecule has 0 aromatic rings. The van der Waals surface area contributed by atoms with Gasteiger partial charge in [-0.3, -0.25) is 9.80 Å². The summed E-state index contributed by atoms with van der Waals surface area (Å²) in [5.74, 6) is 0. The normalized spacial score (nSPS) is 28.9. The van der Waals surface area contributed by atoms with Gasteiger partial charge in [0.2, 0.25) is 0 Å². The van der Waals surface area contributed by atoms with Crippen molar-refractivity contribution in [3.8, 4) is 0 Å². The molecule has 0 aliphatic carbocycles. The van der Waals surface area contributed by atoms with E-state index >= 15 is 0 Å². The summed E-state index contributed by atoms with van der Waals surface area (Å²) in [6.45, 7) is 23.5. The lowest BCUT2D eigenvalue weighted by Crippen LogP contribution is -2.43. The Balaban J connectivity index is 2.10. The van der Waals surface area contributed by atoms with Gasteiger partial charge in [-0.25, -0.2) is 0 Å². The highest BCUT2D eigenvalue weighted by atomic mass is 16.5. The second kappa shape index (κ2) is 16.4. The predicted molar refractivity (Wildman–Crippen MR) is 125 cm³/mol. The van der Waals surface area contributed by atoms with E-state index in [4.69, 9.17) is 9.47 Å². The van der Waals surface area contributed by atoms with Gasteiger partial charge in [0.25, 0.3) is 0 Å². The summed E-state index contributed by atoms with van der Waals surface area (Å²) in [5, 5.41) is 0. The van der Waals surface area contributed by atoms with Gasteiger partial charge in [-0.15, -0.1) is 0 Å². The average Bonchev–Trinajstić information content (AvgIpc) is 2.75. The lowest BCUT2D eigenvalue weighted by Gasteiger charge is -2.31. The molecule has 2 atom stereocenters. The van der Waals surface area contributed by atoms with E-state index in [1.807, 2.05) is 0 Å². The van der Waals surface area contributed by atoms with E-state index in [9.17, 15) is 0 Å². The largest absolute Gasteiger partial charge is 0.378 e. The van der Waals surface area contributed by atoms with Crippen molar-refractivity contribution in [1.82, 2.24) is 24.5 Å². The zero-order chi connectivity index (χ0) is 21.4. The van der Waals surface area contributed by atoms with Crippen molar-refractivity contribution in [3.05, 3.63) is 0 Å². The number of rotatable bonds is 4. The molecule has 2 heterocycles. The van der Waals surface area contributed by atoms with Gasteiger partial charge in [0.05, 0.1) is 26.4 Å². The van der Waals surface area contributed by atoms with Crippen molar-refractivity contribution < 1.29 is 9.47 Å². The maximum atomic E-state index is 5.86. The zero-order valence-corrected chi connectivity index (χ0v) is 20.2. The minimum Gasteiger partial charge on any atom is -0.378 e. The van der Waals surface area contributed by atoms with E-state index in [0.29, 0.717) is 13.2 Å². The highest BCUT2D eigenvalue weighted by Crippen LogP contribution is 2.02. The van der Waals surface area contributed by atoms with Crippen molar-refractivity contribution in [2.75, 3.05) is 125 Å². The summed E-state index contributed by atoms with van der Waals surface area (Å²) in [6.07, 6.45) is 2.46. The summed E-state index contributed by atoms with van der Waals surface area (Å²) in [6, 6.07) is 0. The number of fused-ring (bicyclic) bond motifs is 6. The quantitative estimate of drug-likeness (QED) is 0.620. The molecule has 30 heavy (non-hydrogen) atoms. The first kappa shape index (κ1) is 26.0. The molecule has 0 spiro atoms. The summed E-state index contributed by atoms with van der Waals surface area (Å²) in [4.78, 5) is 13.0. The van der Waals surface area contributed by atoms with Crippen LogP contribution in [0.15, 0.2) is 0 Å². The minimum atomic E-state index is 0.708. The van der Waals surface area contributed by atoms with Gasteiger partial charge in [-0.1, -0.05) is 13.8 Å². The molecule has 0 aromatic carbocycles. The third-order valence-corrected chi connectivity index (χ3v) is 6.35. The van der Waals surface area contributed by atoms with Crippen LogP contribution < -0.4 is 0 Å². The van der Waals surface area contributed by atoms with Crippen LogP contribution >= 0.6 is 0 Å². The SMILES string of the molecule is CCCN1CCN2CCOCCOCCN(CCN(C)CC2)CCN(CCC)CC1. The zero-order valence-electron chi connectivity index (χ0n) is 20.2. The smallest absolute Gasteiger partial charge is 0.0701 e. The van der Waals surface area contributed by atoms with Crippen LogP contribution in [0.4, 0.5) is 0 Å². The van der Waals surface area contributed by atoms with Crippen molar-refractivity contribution in [1.29, 1.82) is 0 Å². The topological polar surface area (TPSA) is 34.7 Å². The van der Waals surface area contributed by atoms with Crippen LogP contribution in [0.5, 0.6) is 0 Å². The molecule has 0 N–H and O–H groups in total. The van der Waals surface area contributed by atoms with Gasteiger partial charge in [-0.2, -0.15) is 0 Å². The number of ether oxygens (including phenoxy) is 2. The van der Waals surface area contributed by atoms with Crippen LogP contribution in [-0.4, -0.2) is 150 Å². The highest BCUT2D eigenvalue weighted by Gasteiger charge is 2.15. The maximum absolute atomic E-state index is 5.86. The molecule has 0 aromatic heterocycles. The van der Waals surface area contributed by atoms with E-state index in [1.54, 1.807) is 0 Å². The summed E-state index contributed by atoms with van der Waals surface area (Å²) < 4.78 is 11.7. The van der Waals surface area contributed by atoms with E-state index in [0.717, 1.165) is 78.7 Å². The first-order valence-electron chi connectivity index (χ1n) is 12.4. The number of hydrogen-bond donors (Lipinski definition) is 0. The molecule has 2 bridgehead atoms. The van der Waals surface area contributed by atoms with Crippen LogP contribution in [0.25, 0.3) is 0 Å². The second-order valence-electron chi connectivity index (χ2n) is 8.89. The number of nitrogens with zero attached hydrogens (tertiary/aromatic N) is 5. The second-order valence-corrected chi connectivity index (χ2v) is 8.89. The molecule has 0 amide bonds. The Labute approximate surface area is 186 Å². The van der Waals surface area contributed by atoms with E-state index in [1.165, 1.54) is 39.0 Å². The molecule has 0 radical (unpaired) electrons. The van der Waals surface area contributed by atoms with E-state index in [-0.39, 0.29) is 0 Å². The maximum Gasteiger partial charge on any atom is 0.0701 e. The molecule has 2 unspecified atom stereocenters. The molecule has 2 fully saturated rings. The molecule has 2 saturated heterocycles. The monoisotopic (exact) mass is 427 g/mol. The van der Waals surface area contributed by atoms with Crippen LogP contribution in [0.1, 0.15) is 26.7 Å². The Bertz CT molecular complexity index is 379. The van der Waals surface area contributed by atoms with Gasteiger partial charge in [0.15, 0.2) is 0 Å². The van der Waals surface area contributed by atoms with Crippen LogP contribution in [0.2, 0.25) is 0 Å². The molecular formula is C23H49N5O2. The highest BCUT2D eigenvalue weighted by molar-refractivity contribution is 4.71. The standard InChI is InChI=1S/C23H49N5O2/c1-4-6-25-12-13-26(7-5-2)15-17-28-11-9-24(3)8-10-27(16-14-25)18-20-29-22-23-30-21-19-28/h4-23H2,1-3H3. The summed E-state index contributed by atoms with van der Waals surface area (Å²) in [5.41, 5.74) is 0. The lowest BCUT2D eigenvalue weighted by molar-refractivity contribution is 0.0298. The van der Waals surface area contributed by atoms with Crippen LogP contribution in [-0.2, 0) is 9.47 Å².